The van der Waals surface area contributed by atoms with E-state index in [4.69, 9.17) is 10.9 Å². The summed E-state index contributed by atoms with van der Waals surface area (Å²) in [6, 6.07) is 4.58. The minimum Gasteiger partial charge on any atom is -0.396 e. The Morgan fingerprint density at radius 1 is 1.33 bits per heavy atom. The molecule has 0 aliphatic carbocycles. The summed E-state index contributed by atoms with van der Waals surface area (Å²) < 4.78 is 22.9. The Hall–Kier alpha value is -1.80. The number of anilines is 2. The first kappa shape index (κ1) is 15.6. The van der Waals surface area contributed by atoms with Gasteiger partial charge < -0.3 is 15.5 Å². The summed E-state index contributed by atoms with van der Waals surface area (Å²) in [5, 5.41) is 5.13. The van der Waals surface area contributed by atoms with Crippen LogP contribution in [-0.2, 0) is 14.8 Å². The van der Waals surface area contributed by atoms with Crippen molar-refractivity contribution in [2.24, 2.45) is 5.14 Å². The molecular weight excluding hydrogens is 292 g/mol. The number of carbonyl (C=O) groups excluding carboxylic acids is 1. The third-order valence-electron chi connectivity index (χ3n) is 3.59. The number of benzene rings is 1. The second-order valence-corrected chi connectivity index (χ2v) is 6.71. The van der Waals surface area contributed by atoms with Gasteiger partial charge in [0.15, 0.2) is 0 Å². The average molecular weight is 312 g/mol. The van der Waals surface area contributed by atoms with E-state index in [2.05, 4.69) is 0 Å². The summed E-state index contributed by atoms with van der Waals surface area (Å²) >= 11 is 0. The molecule has 1 aliphatic heterocycles. The van der Waals surface area contributed by atoms with Crippen LogP contribution in [0.15, 0.2) is 23.1 Å². The minimum absolute atomic E-state index is 0.00964. The number of primary sulfonamides is 1. The predicted molar refractivity (Wildman–Crippen MR) is 81.3 cm³/mol. The highest BCUT2D eigenvalue weighted by Crippen LogP contribution is 2.28. The lowest BCUT2D eigenvalue weighted by atomic mass is 10.2. The Labute approximate surface area is 124 Å². The molecule has 1 fully saturated rings. The van der Waals surface area contributed by atoms with Crippen molar-refractivity contribution in [2.75, 3.05) is 37.3 Å². The van der Waals surface area contributed by atoms with Crippen molar-refractivity contribution in [3.05, 3.63) is 18.2 Å². The molecule has 7 nitrogen and oxygen atoms in total. The van der Waals surface area contributed by atoms with Gasteiger partial charge in [0.25, 0.3) is 0 Å². The Bertz CT molecular complexity index is 639. The average Bonchev–Trinajstić information content (AvgIpc) is 2.91. The molecule has 1 aliphatic rings. The Kier molecular flexibility index (Phi) is 4.38. The summed E-state index contributed by atoms with van der Waals surface area (Å²) in [6.07, 6.45) is 2.05. The van der Waals surface area contributed by atoms with Crippen LogP contribution in [0.5, 0.6) is 0 Å². The van der Waals surface area contributed by atoms with E-state index in [9.17, 15) is 13.2 Å². The zero-order valence-electron chi connectivity index (χ0n) is 11.9. The van der Waals surface area contributed by atoms with Crippen LogP contribution in [0.25, 0.3) is 0 Å². The summed E-state index contributed by atoms with van der Waals surface area (Å²) in [7, 11) is -2.18. The SMILES string of the molecule is CN(CC(=O)N1CCCC1)c1cccc(S(N)(=O)=O)c1N. The van der Waals surface area contributed by atoms with Crippen molar-refractivity contribution in [1.82, 2.24) is 4.90 Å². The Balaban J connectivity index is 2.19. The van der Waals surface area contributed by atoms with Gasteiger partial charge in [-0.3, -0.25) is 4.79 Å². The van der Waals surface area contributed by atoms with Crippen LogP contribution in [0.2, 0.25) is 0 Å². The fourth-order valence-corrected chi connectivity index (χ4v) is 3.15. The fourth-order valence-electron chi connectivity index (χ4n) is 2.47. The molecule has 0 unspecified atom stereocenters. The van der Waals surface area contributed by atoms with Gasteiger partial charge in [0.1, 0.15) is 4.90 Å². The minimum atomic E-state index is -3.88. The van der Waals surface area contributed by atoms with Crippen LogP contribution in [-0.4, -0.2) is 45.9 Å². The summed E-state index contributed by atoms with van der Waals surface area (Å²) in [5.74, 6) is 0.00964. The van der Waals surface area contributed by atoms with Gasteiger partial charge in [0, 0.05) is 20.1 Å². The number of nitrogens with zero attached hydrogens (tertiary/aromatic N) is 2. The molecule has 4 N–H and O–H groups in total. The number of hydrogen-bond acceptors (Lipinski definition) is 5. The van der Waals surface area contributed by atoms with Crippen LogP contribution < -0.4 is 15.8 Å². The molecule has 0 bridgehead atoms. The number of carbonyl (C=O) groups is 1. The first-order chi connectivity index (χ1) is 9.80. The molecule has 8 heteroatoms. The lowest BCUT2D eigenvalue weighted by molar-refractivity contribution is -0.128. The van der Waals surface area contributed by atoms with E-state index < -0.39 is 10.0 Å². The molecule has 0 radical (unpaired) electrons. The van der Waals surface area contributed by atoms with Gasteiger partial charge in [0.05, 0.1) is 17.9 Å². The second-order valence-electron chi connectivity index (χ2n) is 5.18. The smallest absolute Gasteiger partial charge is 0.242 e. The molecule has 0 atom stereocenters. The number of para-hydroxylation sites is 1. The van der Waals surface area contributed by atoms with Gasteiger partial charge in [-0.2, -0.15) is 0 Å². The quantitative estimate of drug-likeness (QED) is 0.759. The predicted octanol–water partition coefficient (Wildman–Crippen LogP) is -0.0252. The molecule has 1 amide bonds. The zero-order valence-corrected chi connectivity index (χ0v) is 12.8. The molecular formula is C13H20N4O3S. The highest BCUT2D eigenvalue weighted by Gasteiger charge is 2.21. The lowest BCUT2D eigenvalue weighted by Crippen LogP contribution is -2.37. The highest BCUT2D eigenvalue weighted by atomic mass is 32.2. The number of likely N-dealkylation sites (N-methyl/N-ethyl adjacent to an activating group) is 1. The van der Waals surface area contributed by atoms with Crippen LogP contribution in [0.4, 0.5) is 11.4 Å². The van der Waals surface area contributed by atoms with Crippen molar-refractivity contribution in [1.29, 1.82) is 0 Å². The van der Waals surface area contributed by atoms with E-state index in [1.165, 1.54) is 6.07 Å². The van der Waals surface area contributed by atoms with Crippen LogP contribution in [0.1, 0.15) is 12.8 Å². The number of likely N-dealkylation sites (tertiary alicyclic amines) is 1. The van der Waals surface area contributed by atoms with Crippen LogP contribution in [0.3, 0.4) is 0 Å². The first-order valence-corrected chi connectivity index (χ1v) is 8.25. The van der Waals surface area contributed by atoms with Gasteiger partial charge in [-0.25, -0.2) is 13.6 Å². The van der Waals surface area contributed by atoms with Gasteiger partial charge in [-0.05, 0) is 25.0 Å². The van der Waals surface area contributed by atoms with E-state index in [1.54, 1.807) is 29.0 Å². The first-order valence-electron chi connectivity index (χ1n) is 6.71. The number of hydrogen-bond donors (Lipinski definition) is 2. The molecule has 2 rings (SSSR count). The van der Waals surface area contributed by atoms with Gasteiger partial charge >= 0.3 is 0 Å². The van der Waals surface area contributed by atoms with E-state index in [-0.39, 0.29) is 23.0 Å². The molecule has 0 saturated carbocycles. The fraction of sp³-hybridized carbons (Fsp3) is 0.462. The Morgan fingerprint density at radius 2 is 1.95 bits per heavy atom. The van der Waals surface area contributed by atoms with Crippen molar-refractivity contribution < 1.29 is 13.2 Å². The number of nitrogen functional groups attached to an aromatic ring is 1. The molecule has 1 heterocycles. The van der Waals surface area contributed by atoms with Gasteiger partial charge in [0.2, 0.25) is 15.9 Å². The lowest BCUT2D eigenvalue weighted by Gasteiger charge is -2.24. The second kappa shape index (κ2) is 5.90. The summed E-state index contributed by atoms with van der Waals surface area (Å²) in [4.78, 5) is 15.4. The van der Waals surface area contributed by atoms with Gasteiger partial charge in [-0.1, -0.05) is 6.07 Å². The largest absolute Gasteiger partial charge is 0.396 e. The van der Waals surface area contributed by atoms with Crippen LogP contribution >= 0.6 is 0 Å². The normalized spacial score (nSPS) is 15.2. The van der Waals surface area contributed by atoms with E-state index >= 15 is 0 Å². The van der Waals surface area contributed by atoms with E-state index in [0.29, 0.717) is 5.69 Å². The van der Waals surface area contributed by atoms with Crippen molar-refractivity contribution in [2.45, 2.75) is 17.7 Å². The third-order valence-corrected chi connectivity index (χ3v) is 4.56. The molecule has 0 aromatic heterocycles. The maximum absolute atomic E-state index is 12.1. The third kappa shape index (κ3) is 3.45. The molecule has 116 valence electrons. The van der Waals surface area contributed by atoms with Crippen molar-refractivity contribution in [3.63, 3.8) is 0 Å². The molecule has 1 aromatic rings. The number of sulfonamides is 1. The van der Waals surface area contributed by atoms with E-state index in [0.717, 1.165) is 25.9 Å². The highest BCUT2D eigenvalue weighted by molar-refractivity contribution is 7.89. The Morgan fingerprint density at radius 3 is 2.52 bits per heavy atom. The standard InChI is InChI=1S/C13H20N4O3S/c1-16(9-12(18)17-7-2-3-8-17)10-5-4-6-11(13(10)14)21(15,19)20/h4-6H,2-3,7-9,14H2,1H3,(H2,15,19,20). The zero-order chi connectivity index (χ0) is 15.6. The van der Waals surface area contributed by atoms with Gasteiger partial charge in [-0.15, -0.1) is 0 Å². The number of amides is 1. The number of rotatable bonds is 4. The maximum Gasteiger partial charge on any atom is 0.242 e. The summed E-state index contributed by atoms with van der Waals surface area (Å²) in [6.45, 7) is 1.71. The molecule has 0 spiro atoms. The van der Waals surface area contributed by atoms with E-state index in [1.807, 2.05) is 0 Å². The monoisotopic (exact) mass is 312 g/mol. The van der Waals surface area contributed by atoms with Crippen molar-refractivity contribution in [3.8, 4) is 0 Å². The topological polar surface area (TPSA) is 110 Å². The molecule has 1 aromatic carbocycles. The summed E-state index contributed by atoms with van der Waals surface area (Å²) in [5.41, 5.74) is 6.42. The van der Waals surface area contributed by atoms with Crippen LogP contribution in [0, 0.1) is 0 Å². The maximum atomic E-state index is 12.1. The molecule has 1 saturated heterocycles. The van der Waals surface area contributed by atoms with Crippen molar-refractivity contribution >= 4 is 27.3 Å². The molecule has 21 heavy (non-hydrogen) atoms. The number of nitrogens with two attached hydrogens (primary N) is 2.